The third-order valence-electron chi connectivity index (χ3n) is 3.68. The van der Waals surface area contributed by atoms with Crippen LogP contribution in [0.5, 0.6) is 0 Å². The Bertz CT molecular complexity index is 442. The van der Waals surface area contributed by atoms with Gasteiger partial charge in [0.2, 0.25) is 0 Å². The molecule has 0 N–H and O–H groups in total. The maximum absolute atomic E-state index is 12.9. The van der Waals surface area contributed by atoms with Gasteiger partial charge in [-0.25, -0.2) is 4.39 Å². The van der Waals surface area contributed by atoms with Gasteiger partial charge in [0.15, 0.2) is 0 Å². The van der Waals surface area contributed by atoms with E-state index in [0.29, 0.717) is 13.2 Å². The zero-order valence-corrected chi connectivity index (χ0v) is 12.6. The van der Waals surface area contributed by atoms with Crippen LogP contribution in [0.25, 0.3) is 0 Å². The maximum atomic E-state index is 12.9. The third kappa shape index (κ3) is 5.01. The normalized spacial score (nSPS) is 16.0. The molecule has 21 heavy (non-hydrogen) atoms. The standard InChI is InChI=1S/C16H23FN2O2/c1-2-3-12-21-16(20)13-18-8-10-19(11-9-18)15-6-4-14(17)5-7-15/h4-7H,2-3,8-13H2,1H3. The predicted octanol–water partition coefficient (Wildman–Crippen LogP) is 2.29. The van der Waals surface area contributed by atoms with Gasteiger partial charge in [0.1, 0.15) is 5.82 Å². The molecule has 0 bridgehead atoms. The van der Waals surface area contributed by atoms with Gasteiger partial charge in [-0.2, -0.15) is 0 Å². The van der Waals surface area contributed by atoms with Gasteiger partial charge in [-0.15, -0.1) is 0 Å². The number of carbonyl (C=O) groups excluding carboxylic acids is 1. The summed E-state index contributed by atoms with van der Waals surface area (Å²) in [4.78, 5) is 16.0. The number of ether oxygens (including phenoxy) is 1. The van der Waals surface area contributed by atoms with Crippen molar-refractivity contribution < 1.29 is 13.9 Å². The minimum atomic E-state index is -0.216. The molecule has 1 aromatic rings. The molecular formula is C16H23FN2O2. The second kappa shape index (κ2) is 7.98. The first-order valence-electron chi connectivity index (χ1n) is 7.57. The first-order chi connectivity index (χ1) is 10.2. The molecule has 0 saturated carbocycles. The second-order valence-electron chi connectivity index (χ2n) is 5.31. The fourth-order valence-corrected chi connectivity index (χ4v) is 2.37. The van der Waals surface area contributed by atoms with Crippen molar-refractivity contribution in [2.45, 2.75) is 19.8 Å². The Labute approximate surface area is 125 Å². The number of rotatable bonds is 6. The van der Waals surface area contributed by atoms with E-state index in [2.05, 4.69) is 16.7 Å². The molecule has 1 aliphatic heterocycles. The van der Waals surface area contributed by atoms with Crippen LogP contribution in [0.1, 0.15) is 19.8 Å². The molecule has 0 amide bonds. The summed E-state index contributed by atoms with van der Waals surface area (Å²) in [5.74, 6) is -0.356. The summed E-state index contributed by atoms with van der Waals surface area (Å²) < 4.78 is 18.1. The lowest BCUT2D eigenvalue weighted by Gasteiger charge is -2.35. The molecule has 1 saturated heterocycles. The molecule has 4 nitrogen and oxygen atoms in total. The van der Waals surface area contributed by atoms with Crippen LogP contribution in [0.4, 0.5) is 10.1 Å². The molecule has 1 fully saturated rings. The van der Waals surface area contributed by atoms with Crippen LogP contribution < -0.4 is 4.90 Å². The summed E-state index contributed by atoms with van der Waals surface area (Å²) >= 11 is 0. The topological polar surface area (TPSA) is 32.8 Å². The smallest absolute Gasteiger partial charge is 0.320 e. The number of halogens is 1. The highest BCUT2D eigenvalue weighted by Gasteiger charge is 2.19. The summed E-state index contributed by atoms with van der Waals surface area (Å²) in [5.41, 5.74) is 1.03. The second-order valence-corrected chi connectivity index (χ2v) is 5.31. The number of esters is 1. The zero-order chi connectivity index (χ0) is 15.1. The van der Waals surface area contributed by atoms with Gasteiger partial charge < -0.3 is 9.64 Å². The minimum absolute atomic E-state index is 0.140. The predicted molar refractivity (Wildman–Crippen MR) is 80.9 cm³/mol. The summed E-state index contributed by atoms with van der Waals surface area (Å²) in [5, 5.41) is 0. The van der Waals surface area contributed by atoms with Crippen LogP contribution in [0.3, 0.4) is 0 Å². The fourth-order valence-electron chi connectivity index (χ4n) is 2.37. The van der Waals surface area contributed by atoms with Gasteiger partial charge in [-0.05, 0) is 30.7 Å². The number of piperazine rings is 1. The van der Waals surface area contributed by atoms with Gasteiger partial charge in [-0.3, -0.25) is 9.69 Å². The summed E-state index contributed by atoms with van der Waals surface area (Å²) in [6, 6.07) is 6.55. The van der Waals surface area contributed by atoms with Crippen molar-refractivity contribution >= 4 is 11.7 Å². The highest BCUT2D eigenvalue weighted by atomic mass is 19.1. The number of carbonyl (C=O) groups is 1. The molecule has 0 unspecified atom stereocenters. The van der Waals surface area contributed by atoms with Crippen molar-refractivity contribution in [2.75, 3.05) is 44.2 Å². The third-order valence-corrected chi connectivity index (χ3v) is 3.68. The Morgan fingerprint density at radius 3 is 2.48 bits per heavy atom. The average Bonchev–Trinajstić information content (AvgIpc) is 2.49. The van der Waals surface area contributed by atoms with Crippen LogP contribution in [-0.2, 0) is 9.53 Å². The SMILES string of the molecule is CCCCOC(=O)CN1CCN(c2ccc(F)cc2)CC1. The molecule has 1 aromatic carbocycles. The lowest BCUT2D eigenvalue weighted by Crippen LogP contribution is -2.48. The molecule has 0 aromatic heterocycles. The van der Waals surface area contributed by atoms with Crippen molar-refractivity contribution in [3.63, 3.8) is 0 Å². The lowest BCUT2D eigenvalue weighted by molar-refractivity contribution is -0.145. The van der Waals surface area contributed by atoms with E-state index >= 15 is 0 Å². The van der Waals surface area contributed by atoms with E-state index in [1.165, 1.54) is 12.1 Å². The van der Waals surface area contributed by atoms with Gasteiger partial charge in [-0.1, -0.05) is 13.3 Å². The van der Waals surface area contributed by atoms with Gasteiger partial charge in [0, 0.05) is 31.9 Å². The lowest BCUT2D eigenvalue weighted by atomic mass is 10.2. The Hall–Kier alpha value is -1.62. The Kier molecular flexibility index (Phi) is 5.99. The molecule has 5 heteroatoms. The molecule has 116 valence electrons. The van der Waals surface area contributed by atoms with Crippen molar-refractivity contribution in [3.05, 3.63) is 30.1 Å². The van der Waals surface area contributed by atoms with E-state index < -0.39 is 0 Å². The van der Waals surface area contributed by atoms with Crippen molar-refractivity contribution in [1.82, 2.24) is 4.90 Å². The number of unbranched alkanes of at least 4 members (excludes halogenated alkanes) is 1. The van der Waals surface area contributed by atoms with Gasteiger partial charge in [0.05, 0.1) is 13.2 Å². The number of nitrogens with zero attached hydrogens (tertiary/aromatic N) is 2. The van der Waals surface area contributed by atoms with E-state index in [9.17, 15) is 9.18 Å². The first kappa shape index (κ1) is 15.8. The fraction of sp³-hybridized carbons (Fsp3) is 0.562. The van der Waals surface area contributed by atoms with E-state index in [1.54, 1.807) is 12.1 Å². The minimum Gasteiger partial charge on any atom is -0.465 e. The molecule has 0 spiro atoms. The molecule has 0 aliphatic carbocycles. The highest BCUT2D eigenvalue weighted by Crippen LogP contribution is 2.16. The average molecular weight is 294 g/mol. The molecule has 0 radical (unpaired) electrons. The Morgan fingerprint density at radius 1 is 1.19 bits per heavy atom. The highest BCUT2D eigenvalue weighted by molar-refractivity contribution is 5.71. The van der Waals surface area contributed by atoms with E-state index in [-0.39, 0.29) is 11.8 Å². The zero-order valence-electron chi connectivity index (χ0n) is 12.6. The number of benzene rings is 1. The molecular weight excluding hydrogens is 271 g/mol. The number of hydrogen-bond donors (Lipinski definition) is 0. The summed E-state index contributed by atoms with van der Waals surface area (Å²) in [7, 11) is 0. The maximum Gasteiger partial charge on any atom is 0.320 e. The first-order valence-corrected chi connectivity index (χ1v) is 7.57. The Morgan fingerprint density at radius 2 is 1.86 bits per heavy atom. The van der Waals surface area contributed by atoms with Crippen LogP contribution in [0, 0.1) is 5.82 Å². The van der Waals surface area contributed by atoms with Crippen LogP contribution in [0.15, 0.2) is 24.3 Å². The van der Waals surface area contributed by atoms with Gasteiger partial charge >= 0.3 is 5.97 Å². The van der Waals surface area contributed by atoms with E-state index in [1.807, 2.05) is 0 Å². The van der Waals surface area contributed by atoms with Crippen LogP contribution in [0.2, 0.25) is 0 Å². The van der Waals surface area contributed by atoms with E-state index in [4.69, 9.17) is 4.74 Å². The van der Waals surface area contributed by atoms with Crippen LogP contribution >= 0.6 is 0 Å². The summed E-state index contributed by atoms with van der Waals surface area (Å²) in [6.07, 6.45) is 1.95. The van der Waals surface area contributed by atoms with E-state index in [0.717, 1.165) is 44.7 Å². The summed E-state index contributed by atoms with van der Waals surface area (Å²) in [6.45, 7) is 6.27. The van der Waals surface area contributed by atoms with Crippen molar-refractivity contribution in [2.24, 2.45) is 0 Å². The number of hydrogen-bond acceptors (Lipinski definition) is 4. The number of anilines is 1. The molecule has 0 atom stereocenters. The molecule has 1 heterocycles. The molecule has 1 aliphatic rings. The monoisotopic (exact) mass is 294 g/mol. The Balaban J connectivity index is 1.73. The van der Waals surface area contributed by atoms with Crippen molar-refractivity contribution in [1.29, 1.82) is 0 Å². The quantitative estimate of drug-likeness (QED) is 0.595. The van der Waals surface area contributed by atoms with Gasteiger partial charge in [0.25, 0.3) is 0 Å². The van der Waals surface area contributed by atoms with Crippen molar-refractivity contribution in [3.8, 4) is 0 Å². The largest absolute Gasteiger partial charge is 0.465 e. The van der Waals surface area contributed by atoms with Crippen LogP contribution in [-0.4, -0.2) is 50.2 Å². The molecule has 2 rings (SSSR count).